The van der Waals surface area contributed by atoms with Gasteiger partial charge in [-0.05, 0) is 137 Å². The van der Waals surface area contributed by atoms with E-state index in [1.54, 1.807) is 61.3 Å². The van der Waals surface area contributed by atoms with Crippen molar-refractivity contribution >= 4 is 61.9 Å². The highest BCUT2D eigenvalue weighted by atomic mass is 79.9. The molecule has 2 aliphatic rings. The summed E-state index contributed by atoms with van der Waals surface area (Å²) in [7, 11) is 0. The van der Waals surface area contributed by atoms with Gasteiger partial charge in [0.1, 0.15) is 4.60 Å². The largest absolute Gasteiger partial charge is 0.389 e. The third kappa shape index (κ3) is 11.1. The van der Waals surface area contributed by atoms with Crippen LogP contribution in [0.2, 0.25) is 0 Å². The van der Waals surface area contributed by atoms with Crippen LogP contribution in [0, 0.1) is 25.5 Å². The summed E-state index contributed by atoms with van der Waals surface area (Å²) in [5.74, 6) is -1.67. The Bertz CT molecular complexity index is 2970. The fourth-order valence-electron chi connectivity index (χ4n) is 7.10. The second-order valence-electron chi connectivity index (χ2n) is 18.2. The first-order chi connectivity index (χ1) is 31.3. The topological polar surface area (TPSA) is 195 Å². The molecule has 0 aliphatic heterocycles. The van der Waals surface area contributed by atoms with Crippen molar-refractivity contribution in [2.75, 3.05) is 29.0 Å². The molecule has 18 heteroatoms. The summed E-state index contributed by atoms with van der Waals surface area (Å²) in [6.07, 6.45) is 7.60. The Labute approximate surface area is 388 Å². The Hall–Kier alpha value is -6.50. The number of amides is 2. The number of hydrogen-bond donors (Lipinski definition) is 7. The van der Waals surface area contributed by atoms with Crippen LogP contribution in [0.4, 0.5) is 31.7 Å². The van der Waals surface area contributed by atoms with Crippen molar-refractivity contribution in [1.29, 1.82) is 0 Å². The Morgan fingerprint density at radius 3 is 1.62 bits per heavy atom. The van der Waals surface area contributed by atoms with Gasteiger partial charge in [-0.2, -0.15) is 5.10 Å². The molecule has 0 saturated heterocycles. The summed E-state index contributed by atoms with van der Waals surface area (Å²) in [6, 6.07) is 18.9. The second kappa shape index (κ2) is 18.4. The van der Waals surface area contributed by atoms with E-state index in [4.69, 9.17) is 0 Å². The molecule has 0 radical (unpaired) electrons. The Balaban J connectivity index is 0.000000185. The summed E-state index contributed by atoms with van der Waals surface area (Å²) in [6.45, 7) is 11.3. The number of carbonyl (C=O) groups is 2. The lowest BCUT2D eigenvalue weighted by Crippen LogP contribution is -2.29. The number of nitrogens with zero attached hydrogens (tertiary/aromatic N) is 6. The van der Waals surface area contributed by atoms with Crippen LogP contribution in [0.15, 0.2) is 83.7 Å². The predicted octanol–water partition coefficient (Wildman–Crippen LogP) is 8.34. The van der Waals surface area contributed by atoms with E-state index in [1.165, 1.54) is 6.07 Å². The highest BCUT2D eigenvalue weighted by Crippen LogP contribution is 2.31. The molecule has 9 rings (SSSR count). The molecule has 0 unspecified atom stereocenters. The molecule has 344 valence electrons. The molecule has 0 atom stereocenters. The minimum atomic E-state index is -0.989. The average molecular weight is 965 g/mol. The molecule has 15 nitrogen and oxygen atoms in total. The molecular formula is C48H52BrF2N11O4. The maximum absolute atomic E-state index is 13.8. The molecule has 3 aromatic carbocycles. The van der Waals surface area contributed by atoms with Crippen LogP contribution in [0.25, 0.3) is 33.8 Å². The van der Waals surface area contributed by atoms with Crippen LogP contribution in [0.1, 0.15) is 85.2 Å². The number of aliphatic hydroxyl groups is 2. The maximum atomic E-state index is 13.8. The fourth-order valence-corrected chi connectivity index (χ4v) is 7.49. The van der Waals surface area contributed by atoms with Crippen LogP contribution in [0.3, 0.4) is 0 Å². The molecule has 0 bridgehead atoms. The normalized spacial score (nSPS) is 13.9. The Morgan fingerprint density at radius 1 is 0.682 bits per heavy atom. The highest BCUT2D eigenvalue weighted by Gasteiger charge is 2.26. The number of hydrogen-bond acceptors (Lipinski definition) is 11. The minimum Gasteiger partial charge on any atom is -0.389 e. The van der Waals surface area contributed by atoms with Crippen molar-refractivity contribution in [1.82, 2.24) is 39.8 Å². The van der Waals surface area contributed by atoms with Crippen molar-refractivity contribution in [3.8, 4) is 22.5 Å². The van der Waals surface area contributed by atoms with Gasteiger partial charge in [-0.1, -0.05) is 12.1 Å². The first-order valence-electron chi connectivity index (χ1n) is 21.7. The quantitative estimate of drug-likeness (QED) is 0.0554. The molecule has 7 aromatic rings. The van der Waals surface area contributed by atoms with E-state index in [9.17, 15) is 28.6 Å². The van der Waals surface area contributed by atoms with Gasteiger partial charge in [0, 0.05) is 65.2 Å². The van der Waals surface area contributed by atoms with E-state index in [-0.39, 0.29) is 24.4 Å². The monoisotopic (exact) mass is 963 g/mol. The van der Waals surface area contributed by atoms with Gasteiger partial charge >= 0.3 is 0 Å². The first kappa shape index (κ1) is 46.0. The van der Waals surface area contributed by atoms with Crippen LogP contribution in [-0.2, 0) is 0 Å². The van der Waals surface area contributed by atoms with Crippen LogP contribution < -0.4 is 26.6 Å². The third-order valence-corrected chi connectivity index (χ3v) is 11.3. The lowest BCUT2D eigenvalue weighted by Gasteiger charge is -2.19. The molecule has 7 N–H and O–H groups in total. The molecule has 4 aromatic heterocycles. The molecule has 4 heterocycles. The minimum absolute atomic E-state index is 0.0198. The third-order valence-electron chi connectivity index (χ3n) is 10.9. The van der Waals surface area contributed by atoms with E-state index >= 15 is 0 Å². The number of imidazole rings is 2. The van der Waals surface area contributed by atoms with Crippen molar-refractivity contribution in [2.45, 2.75) is 90.5 Å². The van der Waals surface area contributed by atoms with E-state index in [2.05, 4.69) is 62.7 Å². The molecule has 2 amide bonds. The number of anilines is 4. The van der Waals surface area contributed by atoms with Crippen molar-refractivity contribution in [3.05, 3.63) is 118 Å². The van der Waals surface area contributed by atoms with Crippen LogP contribution in [-0.4, -0.2) is 87.6 Å². The molecule has 2 aliphatic carbocycles. The van der Waals surface area contributed by atoms with E-state index < -0.39 is 22.8 Å². The van der Waals surface area contributed by atoms with Gasteiger partial charge in [-0.3, -0.25) is 9.59 Å². The standard InChI is InChI=1S/C27H28F2N6O2.C21H24BrN5O2/c1-15-10-16(4-8-19(15)26(36)33-17-5-6-17)23-13-30-25-22(31-14-27(2,3)37)12-24(34-35(23)25)32-18-7-9-20(28)21(29)11-18;1-12-8-13(4-7-15(12)20(28)25-14-5-6-14)17-10-23-19-16(24-11-21(2,3)29)9-18(22)26-27(17)19/h4,7-13,17,31,37H,5-6,14H2,1-3H3,(H,32,34)(H,33,36);4,7-10,14,24,29H,5-6,11H2,1-3H3,(H,25,28). The van der Waals surface area contributed by atoms with Crippen LogP contribution >= 0.6 is 15.9 Å². The number of nitrogens with one attached hydrogen (secondary N) is 5. The van der Waals surface area contributed by atoms with Gasteiger partial charge < -0.3 is 36.8 Å². The number of rotatable bonds is 14. The predicted molar refractivity (Wildman–Crippen MR) is 254 cm³/mol. The van der Waals surface area contributed by atoms with Gasteiger partial charge in [-0.25, -0.2) is 27.8 Å². The van der Waals surface area contributed by atoms with Gasteiger partial charge in [0.2, 0.25) is 0 Å². The number of halogens is 3. The molecule has 66 heavy (non-hydrogen) atoms. The summed E-state index contributed by atoms with van der Waals surface area (Å²) < 4.78 is 31.2. The van der Waals surface area contributed by atoms with Crippen molar-refractivity contribution in [2.24, 2.45) is 0 Å². The highest BCUT2D eigenvalue weighted by molar-refractivity contribution is 9.10. The second-order valence-corrected chi connectivity index (χ2v) is 19.0. The molecule has 2 fully saturated rings. The SMILES string of the molecule is Cc1cc(-c2cnc3c(NCC(C)(C)O)cc(Br)nn23)ccc1C(=O)NC1CC1.Cc1cc(-c2cnc3c(NCC(C)(C)O)cc(Nc4ccc(F)c(F)c4)nn23)ccc1C(=O)NC1CC1. The molecular weight excluding hydrogens is 913 g/mol. The summed E-state index contributed by atoms with van der Waals surface area (Å²) in [4.78, 5) is 34.0. The maximum Gasteiger partial charge on any atom is 0.251 e. The zero-order valence-electron chi connectivity index (χ0n) is 37.4. The summed E-state index contributed by atoms with van der Waals surface area (Å²) in [5, 5.41) is 44.9. The fraction of sp³-hybridized carbons (Fsp3) is 0.333. The smallest absolute Gasteiger partial charge is 0.251 e. The van der Waals surface area contributed by atoms with Crippen molar-refractivity contribution < 1.29 is 28.6 Å². The van der Waals surface area contributed by atoms with Crippen LogP contribution in [0.5, 0.6) is 0 Å². The lowest BCUT2D eigenvalue weighted by molar-refractivity contribution is 0.0939. The van der Waals surface area contributed by atoms with E-state index in [0.29, 0.717) is 62.5 Å². The lowest BCUT2D eigenvalue weighted by atomic mass is 10.0. The van der Waals surface area contributed by atoms with Gasteiger partial charge in [0.15, 0.2) is 28.7 Å². The summed E-state index contributed by atoms with van der Waals surface area (Å²) in [5.41, 5.74) is 7.30. The molecule has 0 spiro atoms. The number of benzene rings is 3. The van der Waals surface area contributed by atoms with Gasteiger partial charge in [0.05, 0.1) is 46.4 Å². The van der Waals surface area contributed by atoms with Crippen molar-refractivity contribution in [3.63, 3.8) is 0 Å². The van der Waals surface area contributed by atoms with Gasteiger partial charge in [0.25, 0.3) is 11.8 Å². The van der Waals surface area contributed by atoms with E-state index in [0.717, 1.165) is 71.5 Å². The van der Waals surface area contributed by atoms with E-state index in [1.807, 2.05) is 50.2 Å². The molecule has 2 saturated carbocycles. The number of aromatic nitrogens is 6. The first-order valence-corrected chi connectivity index (χ1v) is 22.5. The zero-order chi connectivity index (χ0) is 47.1. The Kier molecular flexibility index (Phi) is 12.8. The average Bonchev–Trinajstić information content (AvgIpc) is 4.16. The number of aryl methyl sites for hydroxylation is 2. The Morgan fingerprint density at radius 2 is 1.17 bits per heavy atom. The zero-order valence-corrected chi connectivity index (χ0v) is 39.0. The number of fused-ring (bicyclic) bond motifs is 2. The summed E-state index contributed by atoms with van der Waals surface area (Å²) >= 11 is 3.45. The van der Waals surface area contributed by atoms with Gasteiger partial charge in [-0.15, -0.1) is 5.10 Å². The number of carbonyl (C=O) groups excluding carboxylic acids is 2.